The van der Waals surface area contributed by atoms with E-state index in [1.807, 2.05) is 42.6 Å². The Morgan fingerprint density at radius 2 is 2.13 bits per heavy atom. The largest absolute Gasteiger partial charge is 0.336 e. The molecule has 3 rings (SSSR count). The fourth-order valence-electron chi connectivity index (χ4n) is 2.35. The molecule has 118 valence electrons. The topological polar surface area (TPSA) is 53.9 Å². The highest BCUT2D eigenvalue weighted by Gasteiger charge is 2.19. The van der Waals surface area contributed by atoms with Crippen LogP contribution in [-0.2, 0) is 6.54 Å². The van der Waals surface area contributed by atoms with Gasteiger partial charge < -0.3 is 9.88 Å². The number of hydrogen-bond acceptors (Lipinski definition) is 4. The van der Waals surface area contributed by atoms with E-state index >= 15 is 0 Å². The molecule has 3 aromatic rings. The number of para-hydroxylation sites is 1. The summed E-state index contributed by atoms with van der Waals surface area (Å²) in [5, 5.41) is 2.97. The Morgan fingerprint density at radius 3 is 2.78 bits per heavy atom. The third-order valence-corrected chi connectivity index (χ3v) is 4.55. The molecule has 1 N–H and O–H groups in total. The van der Waals surface area contributed by atoms with E-state index in [1.54, 1.807) is 34.0 Å². The van der Waals surface area contributed by atoms with Crippen molar-refractivity contribution in [3.8, 4) is 5.69 Å². The summed E-state index contributed by atoms with van der Waals surface area (Å²) in [4.78, 5) is 21.8. The molecule has 0 bridgehead atoms. The zero-order valence-corrected chi connectivity index (χ0v) is 14.4. The van der Waals surface area contributed by atoms with Gasteiger partial charge in [-0.3, -0.25) is 9.36 Å². The second kappa shape index (κ2) is 6.47. The van der Waals surface area contributed by atoms with Crippen molar-refractivity contribution in [2.24, 2.45) is 0 Å². The number of hydrogen-bond donors (Lipinski definition) is 1. The molecule has 2 heterocycles. The van der Waals surface area contributed by atoms with Crippen LogP contribution >= 0.6 is 23.6 Å². The third kappa shape index (κ3) is 3.25. The van der Waals surface area contributed by atoms with Crippen LogP contribution in [0.2, 0.25) is 0 Å². The van der Waals surface area contributed by atoms with Crippen LogP contribution in [0.5, 0.6) is 0 Å². The third-order valence-electron chi connectivity index (χ3n) is 3.42. The summed E-state index contributed by atoms with van der Waals surface area (Å²) in [7, 11) is 1.77. The van der Waals surface area contributed by atoms with E-state index in [0.29, 0.717) is 17.0 Å². The number of nitrogens with zero attached hydrogens (tertiary/aromatic N) is 3. The summed E-state index contributed by atoms with van der Waals surface area (Å²) >= 11 is 6.90. The van der Waals surface area contributed by atoms with E-state index in [2.05, 4.69) is 9.97 Å². The van der Waals surface area contributed by atoms with Crippen LogP contribution in [0.15, 0.2) is 41.9 Å². The summed E-state index contributed by atoms with van der Waals surface area (Å²) in [5.41, 5.74) is 2.26. The number of carbonyl (C=O) groups excluding carboxylic acids is 1. The lowest BCUT2D eigenvalue weighted by Gasteiger charge is -2.17. The summed E-state index contributed by atoms with van der Waals surface area (Å²) < 4.78 is 2.25. The summed E-state index contributed by atoms with van der Waals surface area (Å²) in [5.74, 6) is -0.105. The van der Waals surface area contributed by atoms with Gasteiger partial charge in [0.1, 0.15) is 5.69 Å². The Labute approximate surface area is 143 Å². The first-order chi connectivity index (χ1) is 11.1. The van der Waals surface area contributed by atoms with E-state index in [-0.39, 0.29) is 5.91 Å². The van der Waals surface area contributed by atoms with Crippen LogP contribution in [0.25, 0.3) is 5.69 Å². The Kier molecular flexibility index (Phi) is 4.40. The van der Waals surface area contributed by atoms with Gasteiger partial charge in [0.05, 0.1) is 17.2 Å². The molecule has 7 heteroatoms. The number of imidazole rings is 1. The van der Waals surface area contributed by atoms with Crippen molar-refractivity contribution in [1.29, 1.82) is 0 Å². The van der Waals surface area contributed by atoms with Gasteiger partial charge in [0.2, 0.25) is 0 Å². The number of H-pyrrole nitrogens is 1. The van der Waals surface area contributed by atoms with Gasteiger partial charge in [-0.15, -0.1) is 11.3 Å². The molecule has 0 saturated carbocycles. The first-order valence-corrected chi connectivity index (χ1v) is 8.37. The molecule has 0 unspecified atom stereocenters. The zero-order chi connectivity index (χ0) is 16.4. The van der Waals surface area contributed by atoms with E-state index in [0.717, 1.165) is 16.4 Å². The molecule has 0 aliphatic rings. The van der Waals surface area contributed by atoms with Crippen LogP contribution in [-0.4, -0.2) is 32.4 Å². The maximum Gasteiger partial charge on any atom is 0.272 e. The Morgan fingerprint density at radius 1 is 1.39 bits per heavy atom. The fraction of sp³-hybridized carbons (Fsp3) is 0.188. The first kappa shape index (κ1) is 15.6. The second-order valence-electron chi connectivity index (χ2n) is 5.17. The van der Waals surface area contributed by atoms with Gasteiger partial charge in [-0.2, -0.15) is 0 Å². The zero-order valence-electron chi connectivity index (χ0n) is 12.8. The molecule has 5 nitrogen and oxygen atoms in total. The highest BCUT2D eigenvalue weighted by Crippen LogP contribution is 2.16. The van der Waals surface area contributed by atoms with Gasteiger partial charge in [0, 0.05) is 24.3 Å². The second-order valence-corrected chi connectivity index (χ2v) is 6.62. The Hall–Kier alpha value is -2.25. The van der Waals surface area contributed by atoms with E-state index in [4.69, 9.17) is 12.2 Å². The smallest absolute Gasteiger partial charge is 0.272 e. The van der Waals surface area contributed by atoms with Crippen LogP contribution < -0.4 is 0 Å². The Bertz CT molecular complexity index is 879. The minimum atomic E-state index is -0.105. The molecular weight excluding hydrogens is 328 g/mol. The van der Waals surface area contributed by atoms with Crippen LogP contribution in [0, 0.1) is 11.7 Å². The molecule has 0 atom stereocenters. The van der Waals surface area contributed by atoms with Crippen LogP contribution in [0.4, 0.5) is 0 Å². The highest BCUT2D eigenvalue weighted by atomic mass is 32.1. The molecule has 0 saturated heterocycles. The van der Waals surface area contributed by atoms with E-state index in [1.165, 1.54) is 0 Å². The molecule has 0 fully saturated rings. The van der Waals surface area contributed by atoms with Crippen LogP contribution in [0.3, 0.4) is 0 Å². The van der Waals surface area contributed by atoms with Gasteiger partial charge >= 0.3 is 0 Å². The van der Waals surface area contributed by atoms with Crippen molar-refractivity contribution in [3.63, 3.8) is 0 Å². The Balaban J connectivity index is 1.90. The summed E-state index contributed by atoms with van der Waals surface area (Å²) in [6, 6.07) is 9.60. The highest BCUT2D eigenvalue weighted by molar-refractivity contribution is 7.71. The van der Waals surface area contributed by atoms with Crippen molar-refractivity contribution in [2.75, 3.05) is 7.05 Å². The number of carbonyl (C=O) groups is 1. The average molecular weight is 344 g/mol. The lowest BCUT2D eigenvalue weighted by molar-refractivity contribution is 0.0775. The lowest BCUT2D eigenvalue weighted by atomic mass is 10.3. The monoisotopic (exact) mass is 344 g/mol. The number of aromatic nitrogens is 3. The summed E-state index contributed by atoms with van der Waals surface area (Å²) in [6.45, 7) is 2.42. The van der Waals surface area contributed by atoms with Crippen molar-refractivity contribution in [1.82, 2.24) is 19.4 Å². The van der Waals surface area contributed by atoms with Crippen molar-refractivity contribution >= 4 is 29.5 Å². The normalized spacial score (nSPS) is 10.7. The number of benzene rings is 1. The average Bonchev–Trinajstić information content (AvgIpc) is 3.13. The molecule has 1 amide bonds. The van der Waals surface area contributed by atoms with Gasteiger partial charge in [0.25, 0.3) is 5.91 Å². The van der Waals surface area contributed by atoms with Crippen molar-refractivity contribution in [2.45, 2.75) is 13.5 Å². The number of aromatic amines is 1. The molecule has 0 spiro atoms. The quantitative estimate of drug-likeness (QED) is 0.736. The van der Waals surface area contributed by atoms with E-state index < -0.39 is 0 Å². The molecular formula is C16H16N4OS2. The van der Waals surface area contributed by atoms with Crippen LogP contribution in [0.1, 0.15) is 21.2 Å². The lowest BCUT2D eigenvalue weighted by Crippen LogP contribution is -2.28. The number of rotatable bonds is 4. The maximum absolute atomic E-state index is 12.8. The fourth-order valence-corrected chi connectivity index (χ4v) is 3.22. The molecule has 0 aliphatic heterocycles. The van der Waals surface area contributed by atoms with Gasteiger partial charge in [-0.05, 0) is 31.3 Å². The SMILES string of the molecule is Cc1nc(CN(C)C(=O)c2c[nH]c(=S)n2-c2ccccc2)cs1. The molecule has 0 radical (unpaired) electrons. The number of amides is 1. The van der Waals surface area contributed by atoms with Gasteiger partial charge in [0.15, 0.2) is 4.77 Å². The first-order valence-electron chi connectivity index (χ1n) is 7.08. The number of thiazole rings is 1. The van der Waals surface area contributed by atoms with Gasteiger partial charge in [-0.25, -0.2) is 4.98 Å². The van der Waals surface area contributed by atoms with Gasteiger partial charge in [-0.1, -0.05) is 18.2 Å². The summed E-state index contributed by atoms with van der Waals surface area (Å²) in [6.07, 6.45) is 1.65. The molecule has 2 aromatic heterocycles. The standard InChI is InChI=1S/C16H16N4OS2/c1-11-18-12(10-23-11)9-19(2)15(21)14-8-17-16(22)20(14)13-6-4-3-5-7-13/h3-8,10H,9H2,1-2H3,(H,17,22). The maximum atomic E-state index is 12.8. The predicted octanol–water partition coefficient (Wildman–Crippen LogP) is 3.57. The molecule has 0 aliphatic carbocycles. The molecule has 1 aromatic carbocycles. The number of aryl methyl sites for hydroxylation is 1. The minimum Gasteiger partial charge on any atom is -0.336 e. The molecule has 23 heavy (non-hydrogen) atoms. The minimum absolute atomic E-state index is 0.105. The number of nitrogens with one attached hydrogen (secondary N) is 1. The van der Waals surface area contributed by atoms with E-state index in [9.17, 15) is 4.79 Å². The van der Waals surface area contributed by atoms with Crippen molar-refractivity contribution in [3.05, 3.63) is 63.1 Å². The van der Waals surface area contributed by atoms with Crippen molar-refractivity contribution < 1.29 is 4.79 Å². The predicted molar refractivity (Wildman–Crippen MR) is 93.6 cm³/mol.